The second-order valence-electron chi connectivity index (χ2n) is 3.32. The highest BCUT2D eigenvalue weighted by Gasteiger charge is 2.19. The Morgan fingerprint density at radius 2 is 2.29 bits per heavy atom. The molecular formula is C10H12ClN3. The number of hydrogen-bond acceptors (Lipinski definition) is 3. The first-order valence-electron chi connectivity index (χ1n) is 4.45. The zero-order chi connectivity index (χ0) is 10.1. The molecule has 0 saturated carbocycles. The van der Waals surface area contributed by atoms with Crippen LogP contribution in [-0.4, -0.2) is 6.04 Å². The van der Waals surface area contributed by atoms with Crippen molar-refractivity contribution in [1.82, 2.24) is 5.43 Å². The summed E-state index contributed by atoms with van der Waals surface area (Å²) in [5, 5.41) is 2.70. The van der Waals surface area contributed by atoms with E-state index in [2.05, 4.69) is 12.3 Å². The van der Waals surface area contributed by atoms with Crippen molar-refractivity contribution in [2.75, 3.05) is 5.01 Å². The minimum Gasteiger partial charge on any atom is -0.384 e. The van der Waals surface area contributed by atoms with E-state index in [1.807, 2.05) is 35.4 Å². The molecule has 1 heterocycles. The number of nitrogens with zero attached hydrogens (tertiary/aromatic N) is 1. The molecule has 0 aliphatic carbocycles. The van der Waals surface area contributed by atoms with Crippen LogP contribution in [0.5, 0.6) is 0 Å². The van der Waals surface area contributed by atoms with E-state index in [4.69, 9.17) is 17.3 Å². The summed E-state index contributed by atoms with van der Waals surface area (Å²) in [6, 6.07) is 7.90. The Kier molecular flexibility index (Phi) is 2.25. The Morgan fingerprint density at radius 3 is 2.86 bits per heavy atom. The molecule has 1 aliphatic rings. The Balaban J connectivity index is 2.25. The topological polar surface area (TPSA) is 41.3 Å². The van der Waals surface area contributed by atoms with Crippen LogP contribution in [0.1, 0.15) is 6.92 Å². The molecule has 0 amide bonds. The zero-order valence-corrected chi connectivity index (χ0v) is 8.62. The van der Waals surface area contributed by atoms with E-state index < -0.39 is 0 Å². The summed E-state index contributed by atoms with van der Waals surface area (Å²) in [6.45, 7) is 2.06. The van der Waals surface area contributed by atoms with Crippen LogP contribution in [0.3, 0.4) is 0 Å². The zero-order valence-electron chi connectivity index (χ0n) is 7.87. The molecule has 0 spiro atoms. The molecule has 14 heavy (non-hydrogen) atoms. The monoisotopic (exact) mass is 209 g/mol. The molecule has 0 radical (unpaired) electrons. The number of nitrogens with two attached hydrogens (primary N) is 1. The van der Waals surface area contributed by atoms with Gasteiger partial charge in [-0.3, -0.25) is 10.4 Å². The van der Waals surface area contributed by atoms with E-state index in [9.17, 15) is 0 Å². The maximum atomic E-state index is 5.90. The number of hydrogen-bond donors (Lipinski definition) is 2. The third-order valence-electron chi connectivity index (χ3n) is 2.16. The van der Waals surface area contributed by atoms with E-state index >= 15 is 0 Å². The molecule has 74 valence electrons. The van der Waals surface area contributed by atoms with Gasteiger partial charge in [-0.2, -0.15) is 0 Å². The van der Waals surface area contributed by atoms with Gasteiger partial charge in [0.15, 0.2) is 0 Å². The van der Waals surface area contributed by atoms with Gasteiger partial charge < -0.3 is 5.73 Å². The van der Waals surface area contributed by atoms with Crippen LogP contribution in [0.4, 0.5) is 5.69 Å². The van der Waals surface area contributed by atoms with E-state index in [1.54, 1.807) is 0 Å². The lowest BCUT2D eigenvalue weighted by Crippen LogP contribution is -2.38. The average Bonchev–Trinajstić information content (AvgIpc) is 2.45. The normalized spacial score (nSPS) is 20.6. The molecule has 0 fully saturated rings. The van der Waals surface area contributed by atoms with Crippen LogP contribution < -0.4 is 16.2 Å². The third-order valence-corrected chi connectivity index (χ3v) is 2.40. The van der Waals surface area contributed by atoms with Gasteiger partial charge in [-0.05, 0) is 31.2 Å². The molecule has 1 aromatic rings. The highest BCUT2D eigenvalue weighted by atomic mass is 35.5. The Morgan fingerprint density at radius 1 is 1.50 bits per heavy atom. The molecule has 3 N–H and O–H groups in total. The molecule has 3 nitrogen and oxygen atoms in total. The SMILES string of the molecule is CC1C=C(N)NN1c1cccc(Cl)c1. The minimum atomic E-state index is 0.244. The van der Waals surface area contributed by atoms with Crippen molar-refractivity contribution in [2.45, 2.75) is 13.0 Å². The molecule has 0 aromatic heterocycles. The van der Waals surface area contributed by atoms with Crippen LogP contribution in [0.15, 0.2) is 36.2 Å². The van der Waals surface area contributed by atoms with Gasteiger partial charge in [0, 0.05) is 5.02 Å². The van der Waals surface area contributed by atoms with Crippen molar-refractivity contribution in [3.8, 4) is 0 Å². The van der Waals surface area contributed by atoms with Crippen LogP contribution in [0, 0.1) is 0 Å². The predicted molar refractivity (Wildman–Crippen MR) is 58.8 cm³/mol. The number of hydrazine groups is 1. The predicted octanol–water partition coefficient (Wildman–Crippen LogP) is 1.85. The summed E-state index contributed by atoms with van der Waals surface area (Å²) in [6.07, 6.45) is 1.96. The molecular weight excluding hydrogens is 198 g/mol. The summed E-state index contributed by atoms with van der Waals surface area (Å²) >= 11 is 5.90. The van der Waals surface area contributed by atoms with Gasteiger partial charge in [-0.15, -0.1) is 0 Å². The second-order valence-corrected chi connectivity index (χ2v) is 3.76. The molecule has 0 bridgehead atoms. The summed E-state index contributed by atoms with van der Waals surface area (Å²) in [5.41, 5.74) is 9.74. The maximum absolute atomic E-state index is 5.90. The Hall–Kier alpha value is -1.35. The smallest absolute Gasteiger partial charge is 0.113 e. The minimum absolute atomic E-state index is 0.244. The second kappa shape index (κ2) is 3.42. The van der Waals surface area contributed by atoms with E-state index in [0.29, 0.717) is 5.82 Å². The average molecular weight is 210 g/mol. The van der Waals surface area contributed by atoms with Crippen molar-refractivity contribution in [1.29, 1.82) is 0 Å². The van der Waals surface area contributed by atoms with Crippen molar-refractivity contribution in [2.24, 2.45) is 5.73 Å². The Labute approximate surface area is 88.1 Å². The lowest BCUT2D eigenvalue weighted by Gasteiger charge is -2.24. The van der Waals surface area contributed by atoms with Gasteiger partial charge in [0.05, 0.1) is 11.7 Å². The summed E-state index contributed by atoms with van der Waals surface area (Å²) in [7, 11) is 0. The first kappa shape index (κ1) is 9.21. The molecule has 0 saturated heterocycles. The van der Waals surface area contributed by atoms with Gasteiger partial charge in [0.2, 0.25) is 0 Å². The first-order valence-corrected chi connectivity index (χ1v) is 4.83. The van der Waals surface area contributed by atoms with Gasteiger partial charge in [0.1, 0.15) is 5.82 Å². The van der Waals surface area contributed by atoms with Crippen molar-refractivity contribution in [3.63, 3.8) is 0 Å². The van der Waals surface area contributed by atoms with Crippen molar-refractivity contribution in [3.05, 3.63) is 41.2 Å². The lowest BCUT2D eigenvalue weighted by molar-refractivity contribution is 0.709. The number of anilines is 1. The number of rotatable bonds is 1. The molecule has 1 aromatic carbocycles. The first-order chi connectivity index (χ1) is 6.66. The molecule has 4 heteroatoms. The molecule has 2 rings (SSSR count). The number of benzene rings is 1. The number of halogens is 1. The van der Waals surface area contributed by atoms with Gasteiger partial charge in [-0.1, -0.05) is 17.7 Å². The van der Waals surface area contributed by atoms with E-state index in [-0.39, 0.29) is 6.04 Å². The summed E-state index contributed by atoms with van der Waals surface area (Å²) < 4.78 is 0. The highest BCUT2D eigenvalue weighted by Crippen LogP contribution is 2.22. The fourth-order valence-corrected chi connectivity index (χ4v) is 1.72. The van der Waals surface area contributed by atoms with E-state index in [1.165, 1.54) is 0 Å². The van der Waals surface area contributed by atoms with Crippen LogP contribution in [0.2, 0.25) is 5.02 Å². The highest BCUT2D eigenvalue weighted by molar-refractivity contribution is 6.30. The standard InChI is InChI=1S/C10H12ClN3/c1-7-5-10(12)13-14(7)9-4-2-3-8(11)6-9/h2-7,13H,12H2,1H3. The third kappa shape index (κ3) is 1.63. The number of nitrogens with one attached hydrogen (secondary N) is 1. The molecule has 1 atom stereocenters. The molecule has 1 unspecified atom stereocenters. The maximum Gasteiger partial charge on any atom is 0.113 e. The molecule has 1 aliphatic heterocycles. The quantitative estimate of drug-likeness (QED) is 0.742. The van der Waals surface area contributed by atoms with Crippen LogP contribution in [-0.2, 0) is 0 Å². The summed E-state index contributed by atoms with van der Waals surface area (Å²) in [5.74, 6) is 0.678. The van der Waals surface area contributed by atoms with Gasteiger partial charge in [0.25, 0.3) is 0 Å². The van der Waals surface area contributed by atoms with Crippen molar-refractivity contribution < 1.29 is 0 Å². The van der Waals surface area contributed by atoms with Gasteiger partial charge in [-0.25, -0.2) is 0 Å². The fraction of sp³-hybridized carbons (Fsp3) is 0.200. The fourth-order valence-electron chi connectivity index (χ4n) is 1.54. The summed E-state index contributed by atoms with van der Waals surface area (Å²) in [4.78, 5) is 0. The Bertz CT molecular complexity index is 375. The van der Waals surface area contributed by atoms with Gasteiger partial charge >= 0.3 is 0 Å². The van der Waals surface area contributed by atoms with Crippen LogP contribution >= 0.6 is 11.6 Å². The largest absolute Gasteiger partial charge is 0.384 e. The lowest BCUT2D eigenvalue weighted by atomic mass is 10.2. The van der Waals surface area contributed by atoms with E-state index in [0.717, 1.165) is 10.7 Å². The van der Waals surface area contributed by atoms with Crippen LogP contribution in [0.25, 0.3) is 0 Å². The van der Waals surface area contributed by atoms with Crippen molar-refractivity contribution >= 4 is 17.3 Å².